The van der Waals surface area contributed by atoms with Crippen molar-refractivity contribution in [1.82, 2.24) is 5.43 Å². The predicted octanol–water partition coefficient (Wildman–Crippen LogP) is 3.26. The van der Waals surface area contributed by atoms with Crippen molar-refractivity contribution in [2.24, 2.45) is 5.10 Å². The molecule has 2 aromatic rings. The van der Waals surface area contributed by atoms with Crippen LogP contribution in [0.2, 0.25) is 0 Å². The molecule has 0 saturated heterocycles. The molecule has 0 aliphatic heterocycles. The van der Waals surface area contributed by atoms with E-state index in [0.717, 1.165) is 18.2 Å². The first kappa shape index (κ1) is 18.2. The van der Waals surface area contributed by atoms with Crippen molar-refractivity contribution >= 4 is 18.1 Å². The van der Waals surface area contributed by atoms with E-state index in [1.54, 1.807) is 12.1 Å². The van der Waals surface area contributed by atoms with E-state index in [1.807, 2.05) is 0 Å². The summed E-state index contributed by atoms with van der Waals surface area (Å²) in [6, 6.07) is 10.2. The zero-order chi connectivity index (χ0) is 18.4. The number of hydrogen-bond donors (Lipinski definition) is 1. The first-order valence-electron chi connectivity index (χ1n) is 7.00. The Labute approximate surface area is 141 Å². The molecule has 0 heterocycles. The molecule has 25 heavy (non-hydrogen) atoms. The lowest BCUT2D eigenvalue weighted by Gasteiger charge is -2.07. The van der Waals surface area contributed by atoms with Gasteiger partial charge in [0.25, 0.3) is 5.91 Å². The van der Waals surface area contributed by atoms with Crippen LogP contribution in [-0.2, 0) is 10.9 Å². The fraction of sp³-hybridized carbons (Fsp3) is 0.118. The molecule has 2 rings (SSSR count). The molecule has 0 aliphatic carbocycles. The van der Waals surface area contributed by atoms with Gasteiger partial charge in [-0.15, -0.1) is 0 Å². The molecule has 0 spiro atoms. The summed E-state index contributed by atoms with van der Waals surface area (Å²) in [4.78, 5) is 23.1. The molecule has 0 aromatic heterocycles. The second-order valence-corrected chi connectivity index (χ2v) is 4.89. The smallest absolute Gasteiger partial charge is 0.416 e. The van der Waals surface area contributed by atoms with Crippen LogP contribution in [-0.4, -0.2) is 25.2 Å². The third-order valence-corrected chi connectivity index (χ3v) is 3.16. The minimum atomic E-state index is -4.53. The van der Waals surface area contributed by atoms with E-state index in [2.05, 4.69) is 15.3 Å². The number of nitrogens with one attached hydrogen (secondary N) is 1. The van der Waals surface area contributed by atoms with Crippen LogP contribution in [0.1, 0.15) is 31.8 Å². The van der Waals surface area contributed by atoms with Gasteiger partial charge < -0.3 is 4.74 Å². The minimum absolute atomic E-state index is 0.159. The SMILES string of the molecule is COC(=O)c1ccc(/C=N\NC(=O)c2cccc(C(F)(F)F)c2)cc1. The maximum Gasteiger partial charge on any atom is 0.416 e. The van der Waals surface area contributed by atoms with E-state index in [9.17, 15) is 22.8 Å². The van der Waals surface area contributed by atoms with Crippen molar-refractivity contribution in [1.29, 1.82) is 0 Å². The highest BCUT2D eigenvalue weighted by atomic mass is 19.4. The minimum Gasteiger partial charge on any atom is -0.465 e. The van der Waals surface area contributed by atoms with Gasteiger partial charge in [-0.1, -0.05) is 18.2 Å². The van der Waals surface area contributed by atoms with Gasteiger partial charge in [0.05, 0.1) is 24.5 Å². The number of amides is 1. The quantitative estimate of drug-likeness (QED) is 0.523. The Kier molecular flexibility index (Phi) is 5.53. The average molecular weight is 350 g/mol. The summed E-state index contributed by atoms with van der Waals surface area (Å²) in [5.74, 6) is -1.25. The van der Waals surface area contributed by atoms with Crippen molar-refractivity contribution < 1.29 is 27.5 Å². The van der Waals surface area contributed by atoms with E-state index in [4.69, 9.17) is 0 Å². The number of rotatable bonds is 4. The fourth-order valence-corrected chi connectivity index (χ4v) is 1.89. The molecule has 1 N–H and O–H groups in total. The molecule has 0 bridgehead atoms. The van der Waals surface area contributed by atoms with Gasteiger partial charge in [-0.05, 0) is 35.9 Å². The molecule has 130 valence electrons. The molecule has 0 saturated carbocycles. The van der Waals surface area contributed by atoms with Crippen LogP contribution in [0.15, 0.2) is 53.6 Å². The number of halogens is 3. The van der Waals surface area contributed by atoms with Crippen LogP contribution in [0, 0.1) is 0 Å². The molecule has 0 aliphatic rings. The number of hydrazone groups is 1. The number of carbonyl (C=O) groups is 2. The van der Waals surface area contributed by atoms with Crippen molar-refractivity contribution in [2.45, 2.75) is 6.18 Å². The van der Waals surface area contributed by atoms with Gasteiger partial charge >= 0.3 is 12.1 Å². The highest BCUT2D eigenvalue weighted by molar-refractivity contribution is 5.95. The van der Waals surface area contributed by atoms with E-state index in [-0.39, 0.29) is 5.56 Å². The highest BCUT2D eigenvalue weighted by Gasteiger charge is 2.30. The maximum atomic E-state index is 12.6. The molecule has 1 amide bonds. The second-order valence-electron chi connectivity index (χ2n) is 4.89. The molecule has 0 fully saturated rings. The van der Waals surface area contributed by atoms with Gasteiger partial charge in [0.2, 0.25) is 0 Å². The Hall–Kier alpha value is -3.16. The third kappa shape index (κ3) is 4.90. The van der Waals surface area contributed by atoms with E-state index in [1.165, 1.54) is 31.5 Å². The fourth-order valence-electron chi connectivity index (χ4n) is 1.89. The van der Waals surface area contributed by atoms with Crippen molar-refractivity contribution in [3.8, 4) is 0 Å². The van der Waals surface area contributed by atoms with Crippen LogP contribution >= 0.6 is 0 Å². The van der Waals surface area contributed by atoms with E-state index >= 15 is 0 Å². The molecular formula is C17H13F3N2O3. The lowest BCUT2D eigenvalue weighted by Crippen LogP contribution is -2.18. The van der Waals surface area contributed by atoms with Crippen LogP contribution in [0.3, 0.4) is 0 Å². The van der Waals surface area contributed by atoms with E-state index in [0.29, 0.717) is 11.1 Å². The van der Waals surface area contributed by atoms with Gasteiger partial charge in [-0.3, -0.25) is 4.79 Å². The largest absolute Gasteiger partial charge is 0.465 e. The maximum absolute atomic E-state index is 12.6. The molecule has 0 radical (unpaired) electrons. The zero-order valence-electron chi connectivity index (χ0n) is 13.0. The lowest BCUT2D eigenvalue weighted by molar-refractivity contribution is -0.137. The Bertz CT molecular complexity index is 800. The van der Waals surface area contributed by atoms with Crippen molar-refractivity contribution in [3.63, 3.8) is 0 Å². The summed E-state index contributed by atoms with van der Waals surface area (Å²) in [7, 11) is 1.26. The Morgan fingerprint density at radius 2 is 1.76 bits per heavy atom. The number of alkyl halides is 3. The molecule has 5 nitrogen and oxygen atoms in total. The number of hydrogen-bond acceptors (Lipinski definition) is 4. The third-order valence-electron chi connectivity index (χ3n) is 3.16. The van der Waals surface area contributed by atoms with Crippen LogP contribution in [0.25, 0.3) is 0 Å². The summed E-state index contributed by atoms with van der Waals surface area (Å²) >= 11 is 0. The number of carbonyl (C=O) groups excluding carboxylic acids is 2. The molecule has 8 heteroatoms. The summed E-state index contributed by atoms with van der Waals surface area (Å²) in [5, 5.41) is 3.68. The first-order chi connectivity index (χ1) is 11.8. The van der Waals surface area contributed by atoms with Crippen LogP contribution in [0.4, 0.5) is 13.2 Å². The number of nitrogens with zero attached hydrogens (tertiary/aromatic N) is 1. The summed E-state index contributed by atoms with van der Waals surface area (Å²) < 4.78 is 42.4. The Morgan fingerprint density at radius 1 is 1.08 bits per heavy atom. The normalized spacial score (nSPS) is 11.4. The van der Waals surface area contributed by atoms with Gasteiger partial charge in [0.1, 0.15) is 0 Å². The number of methoxy groups -OCH3 is 1. The molecule has 0 atom stereocenters. The Balaban J connectivity index is 2.02. The monoisotopic (exact) mass is 350 g/mol. The first-order valence-corrected chi connectivity index (χ1v) is 7.00. The standard InChI is InChI=1S/C17H13F3N2O3/c1-25-16(24)12-7-5-11(6-8-12)10-21-22-15(23)13-3-2-4-14(9-13)17(18,19)20/h2-10H,1H3,(H,22,23)/b21-10-. The zero-order valence-corrected chi connectivity index (χ0v) is 13.0. The Morgan fingerprint density at radius 3 is 2.36 bits per heavy atom. The van der Waals surface area contributed by atoms with Crippen LogP contribution in [0.5, 0.6) is 0 Å². The number of benzene rings is 2. The van der Waals surface area contributed by atoms with Gasteiger partial charge in [0.15, 0.2) is 0 Å². The van der Waals surface area contributed by atoms with Gasteiger partial charge in [-0.25, -0.2) is 10.2 Å². The van der Waals surface area contributed by atoms with Gasteiger partial charge in [-0.2, -0.15) is 18.3 Å². The predicted molar refractivity (Wildman–Crippen MR) is 84.3 cm³/mol. The van der Waals surface area contributed by atoms with Crippen molar-refractivity contribution in [2.75, 3.05) is 7.11 Å². The summed E-state index contributed by atoms with van der Waals surface area (Å²) in [6.45, 7) is 0. The van der Waals surface area contributed by atoms with Gasteiger partial charge in [0, 0.05) is 5.56 Å². The van der Waals surface area contributed by atoms with Crippen LogP contribution < -0.4 is 5.43 Å². The number of ether oxygens (including phenoxy) is 1. The highest BCUT2D eigenvalue weighted by Crippen LogP contribution is 2.29. The molecule has 2 aromatic carbocycles. The topological polar surface area (TPSA) is 67.8 Å². The second kappa shape index (κ2) is 7.61. The number of esters is 1. The molecular weight excluding hydrogens is 337 g/mol. The van der Waals surface area contributed by atoms with Crippen molar-refractivity contribution in [3.05, 3.63) is 70.8 Å². The summed E-state index contributed by atoms with van der Waals surface area (Å²) in [6.07, 6.45) is -3.23. The lowest BCUT2D eigenvalue weighted by atomic mass is 10.1. The average Bonchev–Trinajstić information content (AvgIpc) is 2.61. The summed E-state index contributed by atoms with van der Waals surface area (Å²) in [5.41, 5.74) is 2.01. The molecule has 0 unspecified atom stereocenters. The van der Waals surface area contributed by atoms with E-state index < -0.39 is 23.6 Å².